The summed E-state index contributed by atoms with van der Waals surface area (Å²) in [6, 6.07) is 5.14. The number of hydrogen-bond donors (Lipinski definition) is 3. The molecule has 1 aromatic rings. The summed E-state index contributed by atoms with van der Waals surface area (Å²) in [5, 5.41) is 13.5. The van der Waals surface area contributed by atoms with E-state index in [-0.39, 0.29) is 29.9 Å². The van der Waals surface area contributed by atoms with Crippen LogP contribution in [-0.4, -0.2) is 50.1 Å². The maximum absolute atomic E-state index is 12.1. The van der Waals surface area contributed by atoms with Gasteiger partial charge in [0.05, 0.1) is 11.5 Å². The fourth-order valence-electron chi connectivity index (χ4n) is 3.85. The van der Waals surface area contributed by atoms with Crippen molar-refractivity contribution in [2.24, 2.45) is 4.99 Å². The third kappa shape index (κ3) is 7.42. The molecular weight excluding hydrogens is 485 g/mol. The van der Waals surface area contributed by atoms with Crippen molar-refractivity contribution in [3.8, 4) is 0 Å². The van der Waals surface area contributed by atoms with E-state index in [1.807, 2.05) is 11.3 Å². The van der Waals surface area contributed by atoms with Crippen molar-refractivity contribution in [2.45, 2.75) is 64.0 Å². The first kappa shape index (κ1) is 23.3. The number of carbonyl (C=O) groups is 1. The summed E-state index contributed by atoms with van der Waals surface area (Å²) in [5.41, 5.74) is 0. The summed E-state index contributed by atoms with van der Waals surface area (Å²) in [6.45, 7) is 5.57. The van der Waals surface area contributed by atoms with Crippen LogP contribution in [-0.2, 0) is 4.79 Å². The molecule has 0 radical (unpaired) electrons. The Kier molecular flexibility index (Phi) is 10.4. The van der Waals surface area contributed by atoms with Gasteiger partial charge in [-0.1, -0.05) is 12.8 Å². The summed E-state index contributed by atoms with van der Waals surface area (Å²) in [4.78, 5) is 19.1. The number of thiophene rings is 1. The van der Waals surface area contributed by atoms with Gasteiger partial charge < -0.3 is 20.9 Å². The SMILES string of the molecule is CCNC(=NCCC(=O)NC1CCCC1)NC1CCN(c2cccs2)CC1.I. The molecule has 1 aromatic heterocycles. The van der Waals surface area contributed by atoms with Crippen LogP contribution in [0.5, 0.6) is 0 Å². The van der Waals surface area contributed by atoms with E-state index in [1.165, 1.54) is 17.8 Å². The van der Waals surface area contributed by atoms with E-state index >= 15 is 0 Å². The number of guanidine groups is 1. The number of aliphatic imine (C=N–C) groups is 1. The Labute approximate surface area is 190 Å². The minimum Gasteiger partial charge on any atom is -0.363 e. The van der Waals surface area contributed by atoms with E-state index < -0.39 is 0 Å². The number of amides is 1. The lowest BCUT2D eigenvalue weighted by Gasteiger charge is -2.33. The summed E-state index contributed by atoms with van der Waals surface area (Å²) < 4.78 is 0. The van der Waals surface area contributed by atoms with Gasteiger partial charge >= 0.3 is 0 Å². The van der Waals surface area contributed by atoms with Gasteiger partial charge in [-0.15, -0.1) is 35.3 Å². The number of rotatable bonds is 7. The minimum atomic E-state index is 0. The smallest absolute Gasteiger partial charge is 0.222 e. The van der Waals surface area contributed by atoms with Gasteiger partial charge in [0, 0.05) is 38.1 Å². The molecule has 1 saturated heterocycles. The van der Waals surface area contributed by atoms with Crippen LogP contribution in [0.1, 0.15) is 51.9 Å². The highest BCUT2D eigenvalue weighted by molar-refractivity contribution is 14.0. The normalized spacial score (nSPS) is 18.6. The molecule has 2 fully saturated rings. The van der Waals surface area contributed by atoms with Crippen LogP contribution in [0, 0.1) is 0 Å². The molecule has 2 heterocycles. The second-order valence-corrected chi connectivity index (χ2v) is 8.34. The Morgan fingerprint density at radius 1 is 1.18 bits per heavy atom. The molecule has 0 unspecified atom stereocenters. The summed E-state index contributed by atoms with van der Waals surface area (Å²) in [5.74, 6) is 0.964. The molecule has 6 nitrogen and oxygen atoms in total. The van der Waals surface area contributed by atoms with Crippen molar-refractivity contribution < 1.29 is 4.79 Å². The van der Waals surface area contributed by atoms with Crippen molar-refractivity contribution >= 4 is 52.2 Å². The second kappa shape index (κ2) is 12.5. The number of anilines is 1. The zero-order valence-electron chi connectivity index (χ0n) is 16.8. The monoisotopic (exact) mass is 519 g/mol. The van der Waals surface area contributed by atoms with Crippen LogP contribution in [0.3, 0.4) is 0 Å². The molecule has 1 aliphatic heterocycles. The average Bonchev–Trinajstić information content (AvgIpc) is 3.36. The highest BCUT2D eigenvalue weighted by Gasteiger charge is 2.21. The molecule has 2 aliphatic rings. The molecule has 0 spiro atoms. The van der Waals surface area contributed by atoms with Crippen molar-refractivity contribution in [1.29, 1.82) is 0 Å². The number of piperidine rings is 1. The van der Waals surface area contributed by atoms with Gasteiger partial charge in [0.15, 0.2) is 5.96 Å². The highest BCUT2D eigenvalue weighted by atomic mass is 127. The van der Waals surface area contributed by atoms with Gasteiger partial charge in [0.2, 0.25) is 5.91 Å². The van der Waals surface area contributed by atoms with Gasteiger partial charge in [0.1, 0.15) is 0 Å². The zero-order valence-corrected chi connectivity index (χ0v) is 19.9. The Balaban J connectivity index is 0.00000280. The largest absolute Gasteiger partial charge is 0.363 e. The molecule has 1 aliphatic carbocycles. The van der Waals surface area contributed by atoms with E-state index in [0.29, 0.717) is 25.0 Å². The zero-order chi connectivity index (χ0) is 18.9. The first-order valence-corrected chi connectivity index (χ1v) is 11.2. The maximum atomic E-state index is 12.1. The van der Waals surface area contributed by atoms with Gasteiger partial charge in [-0.2, -0.15) is 0 Å². The fourth-order valence-corrected chi connectivity index (χ4v) is 4.63. The molecule has 158 valence electrons. The predicted octanol–water partition coefficient (Wildman–Crippen LogP) is 3.34. The molecule has 3 N–H and O–H groups in total. The van der Waals surface area contributed by atoms with Gasteiger partial charge in [-0.05, 0) is 50.1 Å². The Bertz CT molecular complexity index is 596. The van der Waals surface area contributed by atoms with Crippen LogP contribution in [0.25, 0.3) is 0 Å². The molecule has 0 aromatic carbocycles. The first-order valence-electron chi connectivity index (χ1n) is 10.4. The molecular formula is C20H34IN5OS. The second-order valence-electron chi connectivity index (χ2n) is 7.42. The Hall–Kier alpha value is -1.03. The van der Waals surface area contributed by atoms with E-state index in [4.69, 9.17) is 0 Å². The molecule has 0 bridgehead atoms. The lowest BCUT2D eigenvalue weighted by molar-refractivity contribution is -0.121. The average molecular weight is 519 g/mol. The lowest BCUT2D eigenvalue weighted by atomic mass is 10.1. The van der Waals surface area contributed by atoms with Crippen molar-refractivity contribution in [3.05, 3.63) is 17.5 Å². The van der Waals surface area contributed by atoms with Crippen LogP contribution < -0.4 is 20.9 Å². The van der Waals surface area contributed by atoms with E-state index in [2.05, 4.69) is 50.3 Å². The molecule has 3 rings (SSSR count). The fraction of sp³-hybridized carbons (Fsp3) is 0.700. The molecule has 8 heteroatoms. The van der Waals surface area contributed by atoms with Crippen LogP contribution in [0.15, 0.2) is 22.5 Å². The van der Waals surface area contributed by atoms with Gasteiger partial charge in [-0.25, -0.2) is 0 Å². The van der Waals surface area contributed by atoms with Gasteiger partial charge in [-0.3, -0.25) is 9.79 Å². The number of halogens is 1. The van der Waals surface area contributed by atoms with E-state index in [0.717, 1.165) is 51.3 Å². The van der Waals surface area contributed by atoms with Crippen molar-refractivity contribution in [1.82, 2.24) is 16.0 Å². The van der Waals surface area contributed by atoms with Crippen LogP contribution in [0.4, 0.5) is 5.00 Å². The topological polar surface area (TPSA) is 68.8 Å². The quantitative estimate of drug-likeness (QED) is 0.294. The van der Waals surface area contributed by atoms with E-state index in [9.17, 15) is 4.79 Å². The standard InChI is InChI=1S/C20H33N5OS.HI/c1-2-21-20(22-12-9-18(26)23-16-6-3-4-7-16)24-17-10-13-25(14-11-17)19-8-5-15-27-19;/h5,8,15-17H,2-4,6-7,9-14H2,1H3,(H,23,26)(H2,21,22,24);1H. The van der Waals surface area contributed by atoms with Crippen molar-refractivity contribution in [3.63, 3.8) is 0 Å². The number of nitrogens with one attached hydrogen (secondary N) is 3. The lowest BCUT2D eigenvalue weighted by Crippen LogP contribution is -2.48. The van der Waals surface area contributed by atoms with Crippen LogP contribution in [0.2, 0.25) is 0 Å². The maximum Gasteiger partial charge on any atom is 0.222 e. The molecule has 1 saturated carbocycles. The summed E-state index contributed by atoms with van der Waals surface area (Å²) in [6.07, 6.45) is 7.40. The van der Waals surface area contributed by atoms with Crippen LogP contribution >= 0.6 is 35.3 Å². The third-order valence-corrected chi connectivity index (χ3v) is 6.26. The number of hydrogen-bond acceptors (Lipinski definition) is 4. The Morgan fingerprint density at radius 3 is 2.54 bits per heavy atom. The number of nitrogens with zero attached hydrogens (tertiary/aromatic N) is 2. The third-order valence-electron chi connectivity index (χ3n) is 5.33. The number of carbonyl (C=O) groups excluding carboxylic acids is 1. The first-order chi connectivity index (χ1) is 13.2. The highest BCUT2D eigenvalue weighted by Crippen LogP contribution is 2.24. The van der Waals surface area contributed by atoms with Crippen molar-refractivity contribution in [2.75, 3.05) is 31.1 Å². The van der Waals surface area contributed by atoms with Gasteiger partial charge in [0.25, 0.3) is 0 Å². The molecule has 1 amide bonds. The minimum absolute atomic E-state index is 0. The Morgan fingerprint density at radius 2 is 1.89 bits per heavy atom. The summed E-state index contributed by atoms with van der Waals surface area (Å²) >= 11 is 1.81. The molecule has 28 heavy (non-hydrogen) atoms. The molecule has 0 atom stereocenters. The predicted molar refractivity (Wildman–Crippen MR) is 129 cm³/mol. The van der Waals surface area contributed by atoms with E-state index in [1.54, 1.807) is 0 Å². The summed E-state index contributed by atoms with van der Waals surface area (Å²) in [7, 11) is 0.